The van der Waals surface area contributed by atoms with Gasteiger partial charge in [-0.2, -0.15) is 13.2 Å². The third-order valence-electron chi connectivity index (χ3n) is 3.04. The molecule has 0 saturated heterocycles. The molecule has 0 saturated carbocycles. The molecule has 0 spiro atoms. The molecule has 2 rings (SSSR count). The minimum atomic E-state index is -4.52. The number of aromatic nitrogens is 1. The number of aryl methyl sites for hydroxylation is 1. The highest BCUT2D eigenvalue weighted by Gasteiger charge is 2.31. The van der Waals surface area contributed by atoms with Crippen molar-refractivity contribution in [3.63, 3.8) is 0 Å². The highest BCUT2D eigenvalue weighted by atomic mass is 19.4. The number of pyridine rings is 1. The van der Waals surface area contributed by atoms with Crippen molar-refractivity contribution >= 4 is 17.6 Å². The summed E-state index contributed by atoms with van der Waals surface area (Å²) in [6.45, 7) is 1.49. The summed E-state index contributed by atoms with van der Waals surface area (Å²) in [7, 11) is 1.17. The van der Waals surface area contributed by atoms with Gasteiger partial charge in [0.15, 0.2) is 0 Å². The lowest BCUT2D eigenvalue weighted by Crippen LogP contribution is -2.16. The van der Waals surface area contributed by atoms with Crippen LogP contribution in [0.3, 0.4) is 0 Å². The second-order valence-electron chi connectivity index (χ2n) is 4.94. The Morgan fingerprint density at radius 2 is 1.79 bits per heavy atom. The number of rotatable bonds is 3. The smallest absolute Gasteiger partial charge is 0.416 e. The number of amides is 1. The van der Waals surface area contributed by atoms with Gasteiger partial charge >= 0.3 is 12.1 Å². The van der Waals surface area contributed by atoms with Crippen LogP contribution in [0.25, 0.3) is 0 Å². The number of halogens is 3. The third kappa shape index (κ3) is 4.09. The predicted molar refractivity (Wildman–Crippen MR) is 79.7 cm³/mol. The van der Waals surface area contributed by atoms with Crippen molar-refractivity contribution in [3.05, 3.63) is 58.9 Å². The average molecular weight is 338 g/mol. The number of hydrogen-bond acceptors (Lipinski definition) is 4. The van der Waals surface area contributed by atoms with Crippen LogP contribution in [-0.4, -0.2) is 24.0 Å². The summed E-state index contributed by atoms with van der Waals surface area (Å²) >= 11 is 0. The molecule has 0 aliphatic heterocycles. The zero-order chi connectivity index (χ0) is 17.9. The highest BCUT2D eigenvalue weighted by Crippen LogP contribution is 2.31. The van der Waals surface area contributed by atoms with E-state index in [1.54, 1.807) is 0 Å². The molecule has 0 atom stereocenters. The highest BCUT2D eigenvalue weighted by molar-refractivity contribution is 6.03. The van der Waals surface area contributed by atoms with Gasteiger partial charge in [-0.15, -0.1) is 0 Å². The molecule has 1 amide bonds. The summed E-state index contributed by atoms with van der Waals surface area (Å²) in [6, 6.07) is 7.32. The van der Waals surface area contributed by atoms with Gasteiger partial charge in [-0.25, -0.2) is 9.78 Å². The summed E-state index contributed by atoms with van der Waals surface area (Å²) in [5.41, 5.74) is -0.735. The van der Waals surface area contributed by atoms with Crippen LogP contribution in [-0.2, 0) is 10.9 Å². The zero-order valence-corrected chi connectivity index (χ0v) is 12.8. The van der Waals surface area contributed by atoms with E-state index in [0.717, 1.165) is 12.1 Å². The van der Waals surface area contributed by atoms with E-state index in [1.807, 2.05) is 0 Å². The topological polar surface area (TPSA) is 68.3 Å². The van der Waals surface area contributed by atoms with Gasteiger partial charge in [-0.1, -0.05) is 6.07 Å². The number of esters is 1. The molecule has 0 aliphatic rings. The van der Waals surface area contributed by atoms with E-state index >= 15 is 0 Å². The van der Waals surface area contributed by atoms with Gasteiger partial charge in [0, 0.05) is 5.69 Å². The first-order valence-corrected chi connectivity index (χ1v) is 6.76. The predicted octanol–water partition coefficient (Wildman–Crippen LogP) is 3.45. The first-order valence-electron chi connectivity index (χ1n) is 6.76. The molecule has 1 heterocycles. The van der Waals surface area contributed by atoms with Crippen LogP contribution >= 0.6 is 0 Å². The Labute approximate surface area is 135 Å². The lowest BCUT2D eigenvalue weighted by molar-refractivity contribution is -0.137. The van der Waals surface area contributed by atoms with E-state index in [0.29, 0.717) is 5.56 Å². The molecular formula is C16H13F3N2O3. The Bertz CT molecular complexity index is 788. The van der Waals surface area contributed by atoms with Crippen molar-refractivity contribution in [2.75, 3.05) is 12.4 Å². The summed E-state index contributed by atoms with van der Waals surface area (Å²) in [5.74, 6) is -1.46. The van der Waals surface area contributed by atoms with E-state index < -0.39 is 23.6 Å². The molecule has 126 valence electrons. The number of hydrogen-bond donors (Lipinski definition) is 1. The number of alkyl halides is 3. The molecule has 24 heavy (non-hydrogen) atoms. The number of ether oxygens (including phenoxy) is 1. The molecular weight excluding hydrogens is 325 g/mol. The van der Waals surface area contributed by atoms with Gasteiger partial charge in [0.2, 0.25) is 0 Å². The van der Waals surface area contributed by atoms with E-state index in [2.05, 4.69) is 15.0 Å². The minimum Gasteiger partial charge on any atom is -0.464 e. The van der Waals surface area contributed by atoms with Gasteiger partial charge in [-0.3, -0.25) is 4.79 Å². The zero-order valence-electron chi connectivity index (χ0n) is 12.8. The number of nitrogens with one attached hydrogen (secondary N) is 1. The number of carbonyl (C=O) groups excluding carboxylic acids is 2. The maximum Gasteiger partial charge on any atom is 0.416 e. The van der Waals surface area contributed by atoms with E-state index in [4.69, 9.17) is 0 Å². The fraction of sp³-hybridized carbons (Fsp3) is 0.188. The van der Waals surface area contributed by atoms with Crippen molar-refractivity contribution in [1.82, 2.24) is 4.98 Å². The van der Waals surface area contributed by atoms with Crippen LogP contribution in [0.4, 0.5) is 18.9 Å². The van der Waals surface area contributed by atoms with E-state index in [-0.39, 0.29) is 17.1 Å². The molecule has 0 bridgehead atoms. The van der Waals surface area contributed by atoms with Crippen molar-refractivity contribution in [2.24, 2.45) is 0 Å². The summed E-state index contributed by atoms with van der Waals surface area (Å²) in [6.07, 6.45) is -4.52. The second-order valence-corrected chi connectivity index (χ2v) is 4.94. The lowest BCUT2D eigenvalue weighted by atomic mass is 10.1. The van der Waals surface area contributed by atoms with Crippen LogP contribution in [0.15, 0.2) is 36.4 Å². The van der Waals surface area contributed by atoms with E-state index in [9.17, 15) is 22.8 Å². The molecule has 0 aliphatic carbocycles. The van der Waals surface area contributed by atoms with E-state index in [1.165, 1.54) is 38.3 Å². The molecule has 8 heteroatoms. The molecule has 5 nitrogen and oxygen atoms in total. The Balaban J connectivity index is 2.27. The number of methoxy groups -OCH3 is 1. The van der Waals surface area contributed by atoms with Crippen molar-refractivity contribution in [3.8, 4) is 0 Å². The minimum absolute atomic E-state index is 0.0161. The molecule has 0 radical (unpaired) electrons. The Morgan fingerprint density at radius 1 is 1.12 bits per heavy atom. The van der Waals surface area contributed by atoms with Crippen molar-refractivity contribution in [1.29, 1.82) is 0 Å². The maximum absolute atomic E-state index is 12.8. The Hall–Kier alpha value is -2.90. The molecule has 1 N–H and O–H groups in total. The molecule has 1 aromatic heterocycles. The van der Waals surface area contributed by atoms with Crippen LogP contribution in [0.2, 0.25) is 0 Å². The third-order valence-corrected chi connectivity index (χ3v) is 3.04. The number of benzene rings is 1. The molecule has 2 aromatic rings. The van der Waals surface area contributed by atoms with Crippen LogP contribution < -0.4 is 5.32 Å². The first kappa shape index (κ1) is 17.5. The monoisotopic (exact) mass is 338 g/mol. The molecule has 0 unspecified atom stereocenters. The van der Waals surface area contributed by atoms with Crippen molar-refractivity contribution in [2.45, 2.75) is 13.1 Å². The van der Waals surface area contributed by atoms with Gasteiger partial charge < -0.3 is 10.1 Å². The summed E-state index contributed by atoms with van der Waals surface area (Å²) < 4.78 is 42.9. The van der Waals surface area contributed by atoms with Gasteiger partial charge in [0.1, 0.15) is 11.4 Å². The van der Waals surface area contributed by atoms with Crippen LogP contribution in [0.5, 0.6) is 0 Å². The largest absolute Gasteiger partial charge is 0.464 e. The molecule has 1 aromatic carbocycles. The van der Waals surface area contributed by atoms with Gasteiger partial charge in [-0.05, 0) is 42.8 Å². The average Bonchev–Trinajstić information content (AvgIpc) is 2.52. The van der Waals surface area contributed by atoms with Crippen molar-refractivity contribution < 1.29 is 27.5 Å². The van der Waals surface area contributed by atoms with Gasteiger partial charge in [0.25, 0.3) is 5.91 Å². The number of anilines is 1. The first-order chi connectivity index (χ1) is 11.2. The van der Waals surface area contributed by atoms with Crippen LogP contribution in [0.1, 0.15) is 32.1 Å². The van der Waals surface area contributed by atoms with Crippen LogP contribution in [0, 0.1) is 6.92 Å². The fourth-order valence-corrected chi connectivity index (χ4v) is 1.99. The maximum atomic E-state index is 12.8. The molecule has 0 fully saturated rings. The normalized spacial score (nSPS) is 11.0. The summed E-state index contributed by atoms with van der Waals surface area (Å²) in [5, 5.41) is 2.34. The second kappa shape index (κ2) is 6.69. The lowest BCUT2D eigenvalue weighted by Gasteiger charge is -2.11. The Morgan fingerprint density at radius 3 is 2.42 bits per heavy atom. The fourth-order valence-electron chi connectivity index (χ4n) is 1.99. The quantitative estimate of drug-likeness (QED) is 0.871. The number of carbonyl (C=O) groups is 2. The SMILES string of the molecule is COC(=O)c1cccc(C(=O)Nc2cc(C)cc(C(F)(F)F)c2)n1. The summed E-state index contributed by atoms with van der Waals surface area (Å²) in [4.78, 5) is 27.4. The Kier molecular flexibility index (Phi) is 4.87. The number of nitrogens with zero attached hydrogens (tertiary/aromatic N) is 1. The van der Waals surface area contributed by atoms with Gasteiger partial charge in [0.05, 0.1) is 12.7 Å². The standard InChI is InChI=1S/C16H13F3N2O3/c1-9-6-10(16(17,18)19)8-11(7-9)20-14(22)12-4-3-5-13(21-12)15(23)24-2/h3-8H,1-2H3,(H,20,22).